The first-order valence-electron chi connectivity index (χ1n) is 2.61. The Morgan fingerprint density at radius 1 is 1.56 bits per heavy atom. The average Bonchev–Trinajstić information content (AvgIpc) is 1.88. The van der Waals surface area contributed by atoms with Crippen molar-refractivity contribution in [3.8, 4) is 0 Å². The van der Waals surface area contributed by atoms with E-state index >= 15 is 0 Å². The average molecular weight is 209 g/mol. The first-order chi connectivity index (χ1) is 4.27. The van der Waals surface area contributed by atoms with Gasteiger partial charge in [0.2, 0.25) is 0 Å². The van der Waals surface area contributed by atoms with Gasteiger partial charge in [0.1, 0.15) is 0 Å². The van der Waals surface area contributed by atoms with Crippen LogP contribution in [0.5, 0.6) is 0 Å². The first-order valence-corrected chi connectivity index (χ1v) is 3.61. The Labute approximate surface area is 70.1 Å². The van der Waals surface area contributed by atoms with Gasteiger partial charge in [-0.2, -0.15) is 0 Å². The summed E-state index contributed by atoms with van der Waals surface area (Å²) in [6.45, 7) is 3.92. The van der Waals surface area contributed by atoms with E-state index in [1.165, 1.54) is 6.92 Å². The fourth-order valence-corrected chi connectivity index (χ4v) is 0.246. The van der Waals surface area contributed by atoms with E-state index in [1.807, 2.05) is 6.92 Å². The molecule has 0 aliphatic rings. The van der Waals surface area contributed by atoms with Crippen LogP contribution in [0, 0.1) is 0 Å². The van der Waals surface area contributed by atoms with Gasteiger partial charge in [0, 0.05) is 6.92 Å². The molecular formula is C5H10O3Zr. The van der Waals surface area contributed by atoms with E-state index in [0.29, 0.717) is 31.3 Å². The van der Waals surface area contributed by atoms with Crippen molar-refractivity contribution in [3.05, 3.63) is 0 Å². The van der Waals surface area contributed by atoms with Crippen LogP contribution in [0.2, 0.25) is 0 Å². The first kappa shape index (κ1) is 11.9. The van der Waals surface area contributed by atoms with Crippen molar-refractivity contribution in [2.45, 2.75) is 20.3 Å². The van der Waals surface area contributed by atoms with Gasteiger partial charge in [-0.25, -0.2) is 0 Å². The number of ether oxygens (including phenoxy) is 1. The Hall–Kier alpha value is 0.153. The van der Waals surface area contributed by atoms with E-state index in [1.54, 1.807) is 0 Å². The van der Waals surface area contributed by atoms with E-state index in [2.05, 4.69) is 4.74 Å². The van der Waals surface area contributed by atoms with Crippen LogP contribution in [0.15, 0.2) is 0 Å². The van der Waals surface area contributed by atoms with Gasteiger partial charge in [0.05, 0.1) is 6.61 Å². The number of carbonyl (C=O) groups excluding carboxylic acids is 1. The number of rotatable bonds is 2. The molecule has 9 heavy (non-hydrogen) atoms. The summed E-state index contributed by atoms with van der Waals surface area (Å²) in [7, 11) is 0. The summed E-state index contributed by atoms with van der Waals surface area (Å²) in [6.07, 6.45) is 0.902. The Morgan fingerprint density at radius 2 is 2.00 bits per heavy atom. The molecular weight excluding hydrogens is 199 g/mol. The van der Waals surface area contributed by atoms with Crippen LogP contribution in [0.3, 0.4) is 0 Å². The topological polar surface area (TPSA) is 43.4 Å². The molecule has 0 spiro atoms. The van der Waals surface area contributed by atoms with E-state index in [-0.39, 0.29) is 5.97 Å². The molecule has 0 rings (SSSR count). The molecule has 0 bridgehead atoms. The molecule has 4 heteroatoms. The fourth-order valence-electron chi connectivity index (χ4n) is 0.246. The van der Waals surface area contributed by atoms with Crippen molar-refractivity contribution >= 4 is 5.97 Å². The summed E-state index contributed by atoms with van der Waals surface area (Å²) in [5.74, 6) is -0.193. The molecule has 0 aromatic rings. The molecule has 0 heterocycles. The van der Waals surface area contributed by atoms with Crippen molar-refractivity contribution < 1.29 is 37.1 Å². The summed E-state index contributed by atoms with van der Waals surface area (Å²) in [4.78, 5) is 9.98. The molecule has 0 saturated heterocycles. The summed E-state index contributed by atoms with van der Waals surface area (Å²) >= 11 is 0.300. The number of hydrogen-bond donors (Lipinski definition) is 0. The van der Waals surface area contributed by atoms with Crippen molar-refractivity contribution in [3.63, 3.8) is 0 Å². The third-order valence-corrected chi connectivity index (χ3v) is 0.509. The number of esters is 1. The third kappa shape index (κ3) is 17.9. The zero-order valence-corrected chi connectivity index (χ0v) is 8.10. The molecule has 0 unspecified atom stereocenters. The zero-order valence-electron chi connectivity index (χ0n) is 5.64. The quantitative estimate of drug-likeness (QED) is 0.633. The molecule has 0 N–H and O–H groups in total. The van der Waals surface area contributed by atoms with E-state index in [4.69, 9.17) is 2.81 Å². The summed E-state index contributed by atoms with van der Waals surface area (Å²) in [5, 5.41) is 0. The molecule has 3 nitrogen and oxygen atoms in total. The maximum absolute atomic E-state index is 9.98. The van der Waals surface area contributed by atoms with Crippen molar-refractivity contribution in [1.82, 2.24) is 0 Å². The molecule has 0 radical (unpaired) electrons. The molecule has 0 fully saturated rings. The Balaban J connectivity index is 0. The summed E-state index contributed by atoms with van der Waals surface area (Å²) < 4.78 is 12.9. The van der Waals surface area contributed by atoms with Crippen LogP contribution in [0.25, 0.3) is 0 Å². The van der Waals surface area contributed by atoms with Gasteiger partial charge in [0.25, 0.3) is 0 Å². The minimum atomic E-state index is -0.193. The normalized spacial score (nSPS) is 6.78. The Morgan fingerprint density at radius 3 is 2.11 bits per heavy atom. The Bertz CT molecular complexity index is 74.6. The second-order valence-corrected chi connectivity index (χ2v) is 1.34. The predicted molar refractivity (Wildman–Crippen MR) is 27.6 cm³/mol. The summed E-state index contributed by atoms with van der Waals surface area (Å²) in [6, 6.07) is 0. The molecule has 0 aliphatic heterocycles. The molecule has 0 aliphatic carbocycles. The second-order valence-electron chi connectivity index (χ2n) is 1.34. The zero-order chi connectivity index (χ0) is 7.70. The van der Waals surface area contributed by atoms with Crippen molar-refractivity contribution in [2.24, 2.45) is 0 Å². The molecule has 0 atom stereocenters. The second kappa shape index (κ2) is 11.0. The van der Waals surface area contributed by atoms with Crippen molar-refractivity contribution in [1.29, 1.82) is 0 Å². The van der Waals surface area contributed by atoms with E-state index < -0.39 is 0 Å². The van der Waals surface area contributed by atoms with Crippen LogP contribution in [-0.4, -0.2) is 12.6 Å². The SMILES string of the molecule is CCCOC(C)=O.[O]=[Zr]. The van der Waals surface area contributed by atoms with Crippen LogP contribution in [0.1, 0.15) is 20.3 Å². The molecule has 0 aromatic heterocycles. The van der Waals surface area contributed by atoms with Crippen LogP contribution < -0.4 is 0 Å². The fraction of sp³-hybridized carbons (Fsp3) is 0.800. The maximum atomic E-state index is 9.98. The predicted octanol–water partition coefficient (Wildman–Crippen LogP) is 0.838. The van der Waals surface area contributed by atoms with Crippen LogP contribution in [0.4, 0.5) is 0 Å². The van der Waals surface area contributed by atoms with Gasteiger partial charge in [0.15, 0.2) is 0 Å². The van der Waals surface area contributed by atoms with Crippen LogP contribution >= 0.6 is 0 Å². The number of hydrogen-bond acceptors (Lipinski definition) is 3. The van der Waals surface area contributed by atoms with Crippen molar-refractivity contribution in [2.75, 3.05) is 6.61 Å². The van der Waals surface area contributed by atoms with Gasteiger partial charge < -0.3 is 4.74 Å². The molecule has 0 aromatic carbocycles. The van der Waals surface area contributed by atoms with Gasteiger partial charge >= 0.3 is 33.5 Å². The monoisotopic (exact) mass is 208 g/mol. The molecule has 0 amide bonds. The van der Waals surface area contributed by atoms with Crippen LogP contribution in [-0.2, 0) is 37.1 Å². The van der Waals surface area contributed by atoms with Gasteiger partial charge in [-0.15, -0.1) is 0 Å². The standard InChI is InChI=1S/C5H10O2.O.Zr/c1-3-4-7-5(2)6;;/h3-4H2,1-2H3;;. The van der Waals surface area contributed by atoms with E-state index in [9.17, 15) is 4.79 Å². The number of carbonyl (C=O) groups is 1. The van der Waals surface area contributed by atoms with Gasteiger partial charge in [-0.3, -0.25) is 4.79 Å². The molecule has 52 valence electrons. The third-order valence-electron chi connectivity index (χ3n) is 0.509. The van der Waals surface area contributed by atoms with Gasteiger partial charge in [-0.1, -0.05) is 6.92 Å². The van der Waals surface area contributed by atoms with Gasteiger partial charge in [-0.05, 0) is 6.42 Å². The summed E-state index contributed by atoms with van der Waals surface area (Å²) in [5.41, 5.74) is 0. The Kier molecular flexibility index (Phi) is 14.6. The molecule has 0 saturated carbocycles. The van der Waals surface area contributed by atoms with E-state index in [0.717, 1.165) is 6.42 Å². The minimum absolute atomic E-state index is 0.193.